The zero-order valence-corrected chi connectivity index (χ0v) is 15.0. The molecule has 0 saturated heterocycles. The summed E-state index contributed by atoms with van der Waals surface area (Å²) in [6.07, 6.45) is 5.05. The fourth-order valence-corrected chi connectivity index (χ4v) is 4.30. The topological polar surface area (TPSA) is 58.0 Å². The van der Waals surface area contributed by atoms with Crippen LogP contribution < -0.4 is 5.32 Å². The van der Waals surface area contributed by atoms with E-state index in [1.807, 2.05) is 12.1 Å². The molecule has 3 aliphatic rings. The average Bonchev–Trinajstić information content (AvgIpc) is 3.46. The molecule has 0 radical (unpaired) electrons. The van der Waals surface area contributed by atoms with E-state index in [0.29, 0.717) is 18.3 Å². The van der Waals surface area contributed by atoms with Gasteiger partial charge in [0, 0.05) is 18.3 Å². The molecule has 5 heteroatoms. The number of aromatic nitrogens is 2. The van der Waals surface area contributed by atoms with Gasteiger partial charge >= 0.3 is 0 Å². The van der Waals surface area contributed by atoms with Crippen molar-refractivity contribution in [2.75, 3.05) is 5.32 Å². The molecule has 0 bridgehead atoms. The van der Waals surface area contributed by atoms with E-state index in [4.69, 9.17) is 9.97 Å². The van der Waals surface area contributed by atoms with Gasteiger partial charge in [0.2, 0.25) is 0 Å². The molecule has 124 valence electrons. The first-order valence-electron chi connectivity index (χ1n) is 8.80. The lowest BCUT2D eigenvalue weighted by Gasteiger charge is -2.21. The van der Waals surface area contributed by atoms with Crippen LogP contribution in [0.25, 0.3) is 0 Å². The molecule has 1 aromatic carbocycles. The number of hydrogen-bond acceptors (Lipinski definition) is 4. The fourth-order valence-electron chi connectivity index (χ4n) is 3.70. The molecule has 0 unspecified atom stereocenters. The molecular formula is C19H20BrN3O. The van der Waals surface area contributed by atoms with E-state index in [1.54, 1.807) is 0 Å². The van der Waals surface area contributed by atoms with Crippen molar-refractivity contribution in [3.05, 3.63) is 51.4 Å². The van der Waals surface area contributed by atoms with Gasteiger partial charge in [0.15, 0.2) is 0 Å². The second-order valence-corrected chi connectivity index (χ2v) is 8.03. The molecule has 3 aliphatic carbocycles. The van der Waals surface area contributed by atoms with Crippen molar-refractivity contribution < 1.29 is 5.11 Å². The first kappa shape index (κ1) is 14.8. The summed E-state index contributed by atoms with van der Waals surface area (Å²) in [6.45, 7) is 0. The van der Waals surface area contributed by atoms with Gasteiger partial charge in [0.25, 0.3) is 0 Å². The molecule has 5 rings (SSSR count). The van der Waals surface area contributed by atoms with Crippen LogP contribution in [0.2, 0.25) is 0 Å². The third kappa shape index (κ3) is 2.54. The Balaban J connectivity index is 1.53. The summed E-state index contributed by atoms with van der Waals surface area (Å²) in [5.41, 5.74) is 4.54. The van der Waals surface area contributed by atoms with Crippen LogP contribution in [0.5, 0.6) is 0 Å². The number of aliphatic hydroxyl groups excluding tert-OH is 1. The van der Waals surface area contributed by atoms with Crippen LogP contribution >= 0.6 is 15.9 Å². The molecule has 2 saturated carbocycles. The Bertz CT molecular complexity index is 801. The maximum Gasteiger partial charge on any atom is 0.149 e. The van der Waals surface area contributed by atoms with Gasteiger partial charge in [-0.15, -0.1) is 0 Å². The third-order valence-corrected chi connectivity index (χ3v) is 5.91. The standard InChI is InChI=1S/C19H20BrN3O/c20-18-15(10-5-6-10)22-19(16(21-18)11-7-8-11)23-17-13-4-2-1-3-12(13)9-14(17)24/h1-4,10-11,14,17,24H,5-9H2,(H,22,23)/t14-,17-/m0/s1. The van der Waals surface area contributed by atoms with Crippen molar-refractivity contribution in [1.82, 2.24) is 9.97 Å². The van der Waals surface area contributed by atoms with E-state index in [2.05, 4.69) is 33.4 Å². The highest BCUT2D eigenvalue weighted by Gasteiger charge is 2.36. The molecular weight excluding hydrogens is 366 g/mol. The van der Waals surface area contributed by atoms with Gasteiger partial charge in [-0.3, -0.25) is 0 Å². The van der Waals surface area contributed by atoms with Gasteiger partial charge in [-0.2, -0.15) is 0 Å². The molecule has 0 amide bonds. The lowest BCUT2D eigenvalue weighted by Crippen LogP contribution is -2.23. The molecule has 1 heterocycles. The Morgan fingerprint density at radius 2 is 1.71 bits per heavy atom. The quantitative estimate of drug-likeness (QED) is 0.832. The highest BCUT2D eigenvalue weighted by molar-refractivity contribution is 9.10. The number of nitrogens with one attached hydrogen (secondary N) is 1. The number of halogens is 1. The maximum atomic E-state index is 10.5. The highest BCUT2D eigenvalue weighted by atomic mass is 79.9. The summed E-state index contributed by atoms with van der Waals surface area (Å²) >= 11 is 3.62. The fraction of sp³-hybridized carbons (Fsp3) is 0.474. The SMILES string of the molecule is O[C@H]1Cc2ccccc2[C@@H]1Nc1nc(C2CC2)c(Br)nc1C1CC1. The van der Waals surface area contributed by atoms with Gasteiger partial charge in [-0.1, -0.05) is 24.3 Å². The second-order valence-electron chi connectivity index (χ2n) is 7.27. The van der Waals surface area contributed by atoms with Gasteiger partial charge in [0.1, 0.15) is 10.4 Å². The number of fused-ring (bicyclic) bond motifs is 1. The van der Waals surface area contributed by atoms with Gasteiger partial charge in [0.05, 0.1) is 23.5 Å². The van der Waals surface area contributed by atoms with E-state index >= 15 is 0 Å². The highest BCUT2D eigenvalue weighted by Crippen LogP contribution is 2.47. The zero-order valence-electron chi connectivity index (χ0n) is 13.4. The van der Waals surface area contributed by atoms with Crippen LogP contribution in [0.3, 0.4) is 0 Å². The number of benzene rings is 1. The van der Waals surface area contributed by atoms with Crippen LogP contribution in [0, 0.1) is 0 Å². The van der Waals surface area contributed by atoms with Crippen molar-refractivity contribution in [1.29, 1.82) is 0 Å². The summed E-state index contributed by atoms with van der Waals surface area (Å²) in [5, 5.41) is 14.1. The lowest BCUT2D eigenvalue weighted by atomic mass is 10.1. The second kappa shape index (κ2) is 5.53. The summed E-state index contributed by atoms with van der Waals surface area (Å²) in [4.78, 5) is 9.76. The van der Waals surface area contributed by atoms with Crippen molar-refractivity contribution in [3.8, 4) is 0 Å². The molecule has 2 N–H and O–H groups in total. The van der Waals surface area contributed by atoms with Crippen molar-refractivity contribution in [3.63, 3.8) is 0 Å². The Kier molecular flexibility index (Phi) is 3.42. The van der Waals surface area contributed by atoms with E-state index in [9.17, 15) is 5.11 Å². The largest absolute Gasteiger partial charge is 0.390 e. The summed E-state index contributed by atoms with van der Waals surface area (Å²) in [7, 11) is 0. The van der Waals surface area contributed by atoms with Crippen molar-refractivity contribution >= 4 is 21.7 Å². The number of rotatable bonds is 4. The minimum absolute atomic E-state index is 0.0961. The maximum absolute atomic E-state index is 10.5. The smallest absolute Gasteiger partial charge is 0.149 e. The predicted octanol–water partition coefficient (Wildman–Crippen LogP) is 4.06. The van der Waals surface area contributed by atoms with Gasteiger partial charge in [-0.05, 0) is 52.7 Å². The normalized spacial score (nSPS) is 25.6. The first-order chi connectivity index (χ1) is 11.7. The monoisotopic (exact) mass is 385 g/mol. The molecule has 2 aromatic rings. The Morgan fingerprint density at radius 3 is 2.46 bits per heavy atom. The van der Waals surface area contributed by atoms with Crippen LogP contribution in [0.15, 0.2) is 28.9 Å². The number of aliphatic hydroxyl groups is 1. The minimum atomic E-state index is -0.413. The van der Waals surface area contributed by atoms with Gasteiger partial charge < -0.3 is 10.4 Å². The van der Waals surface area contributed by atoms with Crippen LogP contribution in [0.4, 0.5) is 5.82 Å². The number of hydrogen-bond donors (Lipinski definition) is 2. The Labute approximate surface area is 149 Å². The van der Waals surface area contributed by atoms with Crippen LogP contribution in [0.1, 0.15) is 66.1 Å². The van der Waals surface area contributed by atoms with E-state index in [-0.39, 0.29) is 6.04 Å². The van der Waals surface area contributed by atoms with Gasteiger partial charge in [-0.25, -0.2) is 9.97 Å². The average molecular weight is 386 g/mol. The third-order valence-electron chi connectivity index (χ3n) is 5.33. The van der Waals surface area contributed by atoms with E-state index in [1.165, 1.54) is 36.8 Å². The van der Waals surface area contributed by atoms with Crippen LogP contribution in [-0.2, 0) is 6.42 Å². The summed E-state index contributed by atoms with van der Waals surface area (Å²) in [5.74, 6) is 1.93. The molecule has 1 aromatic heterocycles. The summed E-state index contributed by atoms with van der Waals surface area (Å²) in [6, 6.07) is 8.19. The predicted molar refractivity (Wildman–Crippen MR) is 96.2 cm³/mol. The van der Waals surface area contributed by atoms with E-state index < -0.39 is 6.10 Å². The molecule has 0 aliphatic heterocycles. The van der Waals surface area contributed by atoms with Crippen molar-refractivity contribution in [2.24, 2.45) is 0 Å². The van der Waals surface area contributed by atoms with Crippen LogP contribution in [-0.4, -0.2) is 21.2 Å². The Morgan fingerprint density at radius 1 is 1.00 bits per heavy atom. The zero-order chi connectivity index (χ0) is 16.3. The first-order valence-corrected chi connectivity index (χ1v) is 9.59. The number of anilines is 1. The summed E-state index contributed by atoms with van der Waals surface area (Å²) < 4.78 is 0.907. The molecule has 4 nitrogen and oxygen atoms in total. The molecule has 2 atom stereocenters. The molecule has 24 heavy (non-hydrogen) atoms. The molecule has 2 fully saturated rings. The molecule has 0 spiro atoms. The van der Waals surface area contributed by atoms with Crippen molar-refractivity contribution in [2.45, 2.75) is 56.1 Å². The minimum Gasteiger partial charge on any atom is -0.390 e. The Hall–Kier alpha value is -1.46. The lowest BCUT2D eigenvalue weighted by molar-refractivity contribution is 0.165. The number of nitrogens with zero attached hydrogens (tertiary/aromatic N) is 2. The van der Waals surface area contributed by atoms with E-state index in [0.717, 1.165) is 21.8 Å².